The Morgan fingerprint density at radius 1 is 1.13 bits per heavy atom. The lowest BCUT2D eigenvalue weighted by Crippen LogP contribution is -2.37. The number of imidazole rings is 1. The maximum absolute atomic E-state index is 12.9. The molecule has 11 heteroatoms. The van der Waals surface area contributed by atoms with E-state index >= 15 is 0 Å². The Morgan fingerprint density at radius 3 is 2.65 bits per heavy atom. The van der Waals surface area contributed by atoms with Gasteiger partial charge < -0.3 is 0 Å². The molecule has 1 N–H and O–H groups in total. The summed E-state index contributed by atoms with van der Waals surface area (Å²) in [6.07, 6.45) is 3.18. The number of nitrogens with one attached hydrogen (secondary N) is 1. The van der Waals surface area contributed by atoms with Crippen molar-refractivity contribution in [1.29, 1.82) is 0 Å². The second-order valence-corrected chi connectivity index (χ2v) is 7.60. The number of aromatic nitrogens is 5. The van der Waals surface area contributed by atoms with Crippen LogP contribution in [0.4, 0.5) is 5.95 Å². The van der Waals surface area contributed by atoms with Gasteiger partial charge >= 0.3 is 5.69 Å². The highest BCUT2D eigenvalue weighted by atomic mass is 35.5. The first-order valence-corrected chi connectivity index (χ1v) is 9.92. The van der Waals surface area contributed by atoms with Gasteiger partial charge in [-0.15, -0.1) is 0 Å². The van der Waals surface area contributed by atoms with Crippen molar-refractivity contribution in [2.24, 2.45) is 19.2 Å². The molecule has 1 aromatic carbocycles. The number of benzene rings is 1. The van der Waals surface area contributed by atoms with Crippen molar-refractivity contribution in [2.75, 3.05) is 5.43 Å². The van der Waals surface area contributed by atoms with Crippen molar-refractivity contribution < 1.29 is 0 Å². The van der Waals surface area contributed by atoms with Crippen molar-refractivity contribution >= 4 is 46.5 Å². The average Bonchev–Trinajstić information content (AvgIpc) is 3.12. The number of halogens is 2. The topological polar surface area (TPSA) is 99.1 Å². The first kappa shape index (κ1) is 20.8. The molecule has 0 fully saturated rings. The van der Waals surface area contributed by atoms with Crippen LogP contribution in [0.3, 0.4) is 0 Å². The van der Waals surface area contributed by atoms with E-state index in [-0.39, 0.29) is 23.7 Å². The Hall–Kier alpha value is -3.43. The second-order valence-electron chi connectivity index (χ2n) is 6.76. The van der Waals surface area contributed by atoms with Gasteiger partial charge in [-0.2, -0.15) is 10.1 Å². The van der Waals surface area contributed by atoms with E-state index in [1.165, 1.54) is 17.8 Å². The van der Waals surface area contributed by atoms with Crippen LogP contribution in [0.15, 0.2) is 57.3 Å². The van der Waals surface area contributed by atoms with Crippen LogP contribution >= 0.6 is 23.2 Å². The van der Waals surface area contributed by atoms with E-state index in [4.69, 9.17) is 23.2 Å². The molecule has 0 bridgehead atoms. The molecule has 0 aliphatic heterocycles. The number of aryl methyl sites for hydroxylation is 1. The molecule has 158 valence electrons. The van der Waals surface area contributed by atoms with Crippen molar-refractivity contribution in [1.82, 2.24) is 23.7 Å². The van der Waals surface area contributed by atoms with E-state index in [2.05, 4.69) is 20.5 Å². The highest BCUT2D eigenvalue weighted by molar-refractivity contribution is 6.35. The number of hydrogen-bond acceptors (Lipinski definition) is 6. The van der Waals surface area contributed by atoms with Gasteiger partial charge in [0.2, 0.25) is 5.95 Å². The molecule has 0 spiro atoms. The van der Waals surface area contributed by atoms with Crippen LogP contribution in [0.2, 0.25) is 10.0 Å². The predicted octanol–water partition coefficient (Wildman–Crippen LogP) is 2.63. The van der Waals surface area contributed by atoms with Crippen LogP contribution in [0.1, 0.15) is 11.3 Å². The summed E-state index contributed by atoms with van der Waals surface area (Å²) in [4.78, 5) is 33.9. The minimum Gasteiger partial charge on any atom is -0.298 e. The molecule has 9 nitrogen and oxygen atoms in total. The van der Waals surface area contributed by atoms with E-state index in [1.807, 2.05) is 6.07 Å². The van der Waals surface area contributed by atoms with E-state index < -0.39 is 11.2 Å². The first-order valence-electron chi connectivity index (χ1n) is 9.17. The van der Waals surface area contributed by atoms with Crippen molar-refractivity contribution in [3.05, 3.63) is 84.7 Å². The van der Waals surface area contributed by atoms with Gasteiger partial charge in [0.1, 0.15) is 0 Å². The molecule has 0 atom stereocenters. The molecule has 3 heterocycles. The number of hydrazone groups is 1. The summed E-state index contributed by atoms with van der Waals surface area (Å²) >= 11 is 12.4. The van der Waals surface area contributed by atoms with Crippen LogP contribution in [-0.4, -0.2) is 29.9 Å². The third-order valence-electron chi connectivity index (χ3n) is 4.74. The van der Waals surface area contributed by atoms with Crippen LogP contribution in [0.25, 0.3) is 11.2 Å². The highest BCUT2D eigenvalue weighted by Gasteiger charge is 2.20. The monoisotopic (exact) mass is 457 g/mol. The Kier molecular flexibility index (Phi) is 5.62. The van der Waals surface area contributed by atoms with Crippen LogP contribution in [-0.2, 0) is 20.6 Å². The second kappa shape index (κ2) is 8.37. The Balaban J connectivity index is 1.86. The molecular formula is C20H17Cl2N7O2. The number of hydrogen-bond donors (Lipinski definition) is 1. The van der Waals surface area contributed by atoms with Gasteiger partial charge in [-0.1, -0.05) is 35.3 Å². The van der Waals surface area contributed by atoms with Crippen LogP contribution in [0, 0.1) is 0 Å². The highest BCUT2D eigenvalue weighted by Crippen LogP contribution is 2.24. The van der Waals surface area contributed by atoms with Gasteiger partial charge in [0.15, 0.2) is 11.2 Å². The van der Waals surface area contributed by atoms with Crippen molar-refractivity contribution in [3.8, 4) is 0 Å². The van der Waals surface area contributed by atoms with Crippen molar-refractivity contribution in [3.63, 3.8) is 0 Å². The predicted molar refractivity (Wildman–Crippen MR) is 121 cm³/mol. The summed E-state index contributed by atoms with van der Waals surface area (Å²) in [5, 5.41) is 5.12. The summed E-state index contributed by atoms with van der Waals surface area (Å²) in [7, 11) is 2.97. The minimum atomic E-state index is -0.477. The molecular weight excluding hydrogens is 441 g/mol. The lowest BCUT2D eigenvalue weighted by molar-refractivity contribution is 0.702. The number of nitrogens with zero attached hydrogens (tertiary/aromatic N) is 6. The lowest BCUT2D eigenvalue weighted by atomic mass is 10.2. The Bertz CT molecular complexity index is 1420. The molecule has 0 amide bonds. The van der Waals surface area contributed by atoms with Gasteiger partial charge in [0.25, 0.3) is 5.56 Å². The zero-order valence-corrected chi connectivity index (χ0v) is 18.1. The van der Waals surface area contributed by atoms with Gasteiger partial charge in [0, 0.05) is 30.3 Å². The standard InChI is InChI=1S/C20H17Cl2N7O2/c1-27-17-16(18(30)28(2)20(27)31)29(11-12-6-7-13(21)9-15(12)22)19(25-17)26-24-10-14-5-3-4-8-23-14/h3-10H,11H2,1-2H3,(H,25,26). The fraction of sp³-hybridized carbons (Fsp3) is 0.150. The summed E-state index contributed by atoms with van der Waals surface area (Å²) in [5.41, 5.74) is 3.73. The summed E-state index contributed by atoms with van der Waals surface area (Å²) in [6, 6.07) is 10.5. The fourth-order valence-corrected chi connectivity index (χ4v) is 3.58. The average molecular weight is 458 g/mol. The normalized spacial score (nSPS) is 11.5. The number of anilines is 1. The van der Waals surface area contributed by atoms with Gasteiger partial charge in [-0.05, 0) is 29.8 Å². The zero-order valence-electron chi connectivity index (χ0n) is 16.6. The molecule has 0 aliphatic carbocycles. The smallest absolute Gasteiger partial charge is 0.298 e. The molecule has 4 aromatic rings. The molecule has 0 saturated carbocycles. The molecule has 0 aliphatic rings. The van der Waals surface area contributed by atoms with E-state index in [0.29, 0.717) is 15.7 Å². The van der Waals surface area contributed by atoms with Gasteiger partial charge in [0.05, 0.1) is 18.5 Å². The number of fused-ring (bicyclic) bond motifs is 1. The summed E-state index contributed by atoms with van der Waals surface area (Å²) in [6.45, 7) is 0.210. The molecule has 0 saturated heterocycles. The fourth-order valence-electron chi connectivity index (χ4n) is 3.11. The third kappa shape index (κ3) is 3.97. The van der Waals surface area contributed by atoms with Crippen LogP contribution < -0.4 is 16.7 Å². The molecule has 0 radical (unpaired) electrons. The maximum Gasteiger partial charge on any atom is 0.332 e. The van der Waals surface area contributed by atoms with Gasteiger partial charge in [-0.3, -0.25) is 23.5 Å². The summed E-state index contributed by atoms with van der Waals surface area (Å²) < 4.78 is 3.97. The van der Waals surface area contributed by atoms with Gasteiger partial charge in [-0.25, -0.2) is 10.2 Å². The van der Waals surface area contributed by atoms with E-state index in [1.54, 1.807) is 48.1 Å². The molecule has 31 heavy (non-hydrogen) atoms. The van der Waals surface area contributed by atoms with Crippen LogP contribution in [0.5, 0.6) is 0 Å². The minimum absolute atomic E-state index is 0.210. The molecule has 3 aromatic heterocycles. The quantitative estimate of drug-likeness (QED) is 0.366. The largest absolute Gasteiger partial charge is 0.332 e. The molecule has 4 rings (SSSR count). The summed E-state index contributed by atoms with van der Waals surface area (Å²) in [5.74, 6) is 0.270. The number of pyridine rings is 1. The first-order chi connectivity index (χ1) is 14.9. The lowest BCUT2D eigenvalue weighted by Gasteiger charge is -2.11. The zero-order chi connectivity index (χ0) is 22.1. The van der Waals surface area contributed by atoms with E-state index in [0.717, 1.165) is 10.1 Å². The third-order valence-corrected chi connectivity index (χ3v) is 5.33. The van der Waals surface area contributed by atoms with E-state index in [9.17, 15) is 9.59 Å². The number of rotatable bonds is 5. The Labute approximate surface area is 186 Å². The van der Waals surface area contributed by atoms with Crippen molar-refractivity contribution in [2.45, 2.75) is 6.54 Å². The Morgan fingerprint density at radius 2 is 1.94 bits per heavy atom. The maximum atomic E-state index is 12.9. The SMILES string of the molecule is Cn1c(=O)c2c(nc(NN=Cc3ccccn3)n2Cc2ccc(Cl)cc2Cl)n(C)c1=O. The molecule has 0 unspecified atom stereocenters.